The Kier molecular flexibility index (Phi) is 2.21. The van der Waals surface area contributed by atoms with Crippen molar-refractivity contribution in [1.29, 1.82) is 0 Å². The maximum Gasteiger partial charge on any atom is 0.345 e. The van der Waals surface area contributed by atoms with Crippen molar-refractivity contribution in [2.75, 3.05) is 0 Å². The number of fused-ring (bicyclic) bond motifs is 4. The molecule has 0 spiro atoms. The summed E-state index contributed by atoms with van der Waals surface area (Å²) in [7, 11) is 0. The second-order valence-electron chi connectivity index (χ2n) is 5.00. The Morgan fingerprint density at radius 3 is 2.70 bits per heavy atom. The van der Waals surface area contributed by atoms with Gasteiger partial charge in [-0.05, 0) is 23.8 Å². The summed E-state index contributed by atoms with van der Waals surface area (Å²) in [5, 5.41) is 13.1. The van der Waals surface area contributed by atoms with E-state index in [1.54, 1.807) is 28.8 Å². The quantitative estimate of drug-likeness (QED) is 0.459. The third-order valence-corrected chi connectivity index (χ3v) is 3.91. The van der Waals surface area contributed by atoms with Gasteiger partial charge >= 0.3 is 5.56 Å². The van der Waals surface area contributed by atoms with Gasteiger partial charge in [0, 0.05) is 6.42 Å². The number of aromatic nitrogens is 2. The molecule has 0 N–H and O–H groups in total. The summed E-state index contributed by atoms with van der Waals surface area (Å²) in [6.45, 7) is 0.554. The van der Waals surface area contributed by atoms with Crippen molar-refractivity contribution < 1.29 is 4.73 Å². The molecule has 98 valence electrons. The number of benzene rings is 2. The lowest BCUT2D eigenvalue weighted by atomic mass is 10.00. The highest BCUT2D eigenvalue weighted by atomic mass is 16.5. The van der Waals surface area contributed by atoms with Gasteiger partial charge in [-0.3, -0.25) is 0 Å². The highest BCUT2D eigenvalue weighted by molar-refractivity contribution is 5.76. The lowest BCUT2D eigenvalue weighted by Crippen LogP contribution is -2.42. The van der Waals surface area contributed by atoms with Crippen LogP contribution in [-0.4, -0.2) is 4.57 Å². The Hall–Kier alpha value is -2.62. The summed E-state index contributed by atoms with van der Waals surface area (Å²) in [6, 6.07) is 14.7. The molecule has 0 bridgehead atoms. The average molecular weight is 264 g/mol. The van der Waals surface area contributed by atoms with Crippen LogP contribution in [0, 0.1) is 5.21 Å². The Labute approximate surface area is 115 Å². The van der Waals surface area contributed by atoms with E-state index in [0.29, 0.717) is 23.3 Å². The fourth-order valence-corrected chi connectivity index (χ4v) is 2.95. The van der Waals surface area contributed by atoms with Crippen LogP contribution in [0.4, 0.5) is 0 Å². The summed E-state index contributed by atoms with van der Waals surface area (Å²) in [5.74, 6) is 0.454. The van der Waals surface area contributed by atoms with Gasteiger partial charge in [-0.1, -0.05) is 30.3 Å². The van der Waals surface area contributed by atoms with E-state index in [1.165, 1.54) is 0 Å². The van der Waals surface area contributed by atoms with Crippen molar-refractivity contribution in [3.63, 3.8) is 0 Å². The van der Waals surface area contributed by atoms with Crippen LogP contribution in [0.15, 0.2) is 53.3 Å². The molecule has 0 saturated heterocycles. The van der Waals surface area contributed by atoms with Crippen molar-refractivity contribution in [2.45, 2.75) is 13.0 Å². The molecule has 3 aromatic rings. The van der Waals surface area contributed by atoms with Gasteiger partial charge in [0.25, 0.3) is 5.82 Å². The third kappa shape index (κ3) is 1.36. The maximum absolute atomic E-state index is 12.6. The van der Waals surface area contributed by atoms with Gasteiger partial charge in [0.2, 0.25) is 0 Å². The molecule has 4 rings (SSSR count). The van der Waals surface area contributed by atoms with Crippen LogP contribution < -0.4 is 10.3 Å². The number of rotatable bonds is 0. The molecule has 20 heavy (non-hydrogen) atoms. The minimum atomic E-state index is -0.0859. The number of aryl methyl sites for hydroxylation is 1. The first-order chi connectivity index (χ1) is 9.77. The molecule has 0 radical (unpaired) electrons. The zero-order chi connectivity index (χ0) is 13.7. The van der Waals surface area contributed by atoms with E-state index in [0.717, 1.165) is 22.3 Å². The zero-order valence-corrected chi connectivity index (χ0v) is 10.7. The molecule has 0 aliphatic carbocycles. The lowest BCUT2D eigenvalue weighted by molar-refractivity contribution is -0.570. The molecular weight excluding hydrogens is 252 g/mol. The summed E-state index contributed by atoms with van der Waals surface area (Å²) in [5.41, 5.74) is 2.32. The van der Waals surface area contributed by atoms with Crippen LogP contribution in [0.5, 0.6) is 0 Å². The van der Waals surface area contributed by atoms with Crippen molar-refractivity contribution in [3.05, 3.63) is 69.7 Å². The lowest BCUT2D eigenvalue weighted by Gasteiger charge is -2.20. The predicted molar refractivity (Wildman–Crippen MR) is 76.3 cm³/mol. The van der Waals surface area contributed by atoms with E-state index >= 15 is 0 Å². The van der Waals surface area contributed by atoms with E-state index in [2.05, 4.69) is 0 Å². The van der Waals surface area contributed by atoms with E-state index in [-0.39, 0.29) is 5.56 Å². The topological polar surface area (TPSA) is 48.9 Å². The fraction of sp³-hybridized carbons (Fsp3) is 0.125. The molecule has 0 saturated carbocycles. The molecule has 2 aromatic carbocycles. The molecule has 1 aromatic heterocycles. The summed E-state index contributed by atoms with van der Waals surface area (Å²) in [6.07, 6.45) is 0.779. The average Bonchev–Trinajstić information content (AvgIpc) is 2.51. The first-order valence-electron chi connectivity index (χ1n) is 6.61. The molecule has 4 heteroatoms. The first kappa shape index (κ1) is 11.2. The maximum atomic E-state index is 12.6. The minimum Gasteiger partial charge on any atom is -0.710 e. The fourth-order valence-electron chi connectivity index (χ4n) is 2.95. The van der Waals surface area contributed by atoms with Crippen LogP contribution in [0.2, 0.25) is 0 Å². The highest BCUT2D eigenvalue weighted by Crippen LogP contribution is 2.26. The van der Waals surface area contributed by atoms with Crippen LogP contribution in [0.3, 0.4) is 0 Å². The molecule has 1 aliphatic rings. The monoisotopic (exact) mass is 264 g/mol. The van der Waals surface area contributed by atoms with E-state index in [4.69, 9.17) is 0 Å². The number of hydrogen-bond acceptors (Lipinski definition) is 2. The Balaban J connectivity index is 2.21. The van der Waals surface area contributed by atoms with E-state index in [1.807, 2.05) is 24.3 Å². The van der Waals surface area contributed by atoms with E-state index < -0.39 is 0 Å². The van der Waals surface area contributed by atoms with Gasteiger partial charge in [0.15, 0.2) is 0 Å². The minimum absolute atomic E-state index is 0.0859. The molecule has 0 unspecified atom stereocenters. The van der Waals surface area contributed by atoms with Crippen LogP contribution in [0.1, 0.15) is 5.56 Å². The molecule has 2 heterocycles. The molecule has 4 nitrogen and oxygen atoms in total. The summed E-state index contributed by atoms with van der Waals surface area (Å²) >= 11 is 0. The van der Waals surface area contributed by atoms with Crippen molar-refractivity contribution in [3.8, 4) is 11.4 Å². The second-order valence-corrected chi connectivity index (χ2v) is 5.00. The summed E-state index contributed by atoms with van der Waals surface area (Å²) in [4.78, 5) is 12.5. The van der Waals surface area contributed by atoms with Crippen LogP contribution in [0.25, 0.3) is 22.3 Å². The molecular formula is C16H12N2O2. The second kappa shape index (κ2) is 3.93. The molecule has 1 aliphatic heterocycles. The van der Waals surface area contributed by atoms with Crippen molar-refractivity contribution >= 4 is 10.9 Å². The highest BCUT2D eigenvalue weighted by Gasteiger charge is 2.27. The molecule has 0 atom stereocenters. The predicted octanol–water partition coefficient (Wildman–Crippen LogP) is 1.86. The smallest absolute Gasteiger partial charge is 0.345 e. The normalized spacial score (nSPS) is 13.0. The molecule has 0 fully saturated rings. The molecule has 0 amide bonds. The SMILES string of the molecule is O=c1c2ccccc2[n+]([O-])c2n1CCc1ccccc1-2. The van der Waals surface area contributed by atoms with Gasteiger partial charge in [-0.2, -0.15) is 4.57 Å². The number of hydrogen-bond donors (Lipinski definition) is 0. The largest absolute Gasteiger partial charge is 0.710 e. The number of para-hydroxylation sites is 1. The third-order valence-electron chi connectivity index (χ3n) is 3.91. The Morgan fingerprint density at radius 2 is 1.80 bits per heavy atom. The van der Waals surface area contributed by atoms with Crippen LogP contribution >= 0.6 is 0 Å². The van der Waals surface area contributed by atoms with Crippen LogP contribution in [-0.2, 0) is 13.0 Å². The zero-order valence-electron chi connectivity index (χ0n) is 10.7. The van der Waals surface area contributed by atoms with Crippen molar-refractivity contribution in [1.82, 2.24) is 4.57 Å². The van der Waals surface area contributed by atoms with Gasteiger partial charge < -0.3 is 5.21 Å². The number of nitrogens with zero attached hydrogens (tertiary/aromatic N) is 2. The van der Waals surface area contributed by atoms with Crippen molar-refractivity contribution in [2.24, 2.45) is 0 Å². The first-order valence-corrected chi connectivity index (χ1v) is 6.61. The Morgan fingerprint density at radius 1 is 1.05 bits per heavy atom. The van der Waals surface area contributed by atoms with Gasteiger partial charge in [-0.15, -0.1) is 0 Å². The standard InChI is InChI=1S/C16H12N2O2/c19-16-13-7-3-4-8-14(13)18(20)15-12-6-2-1-5-11(12)9-10-17(15)16/h1-8H,9-10H2. The van der Waals surface area contributed by atoms with Gasteiger partial charge in [0.05, 0.1) is 12.1 Å². The van der Waals surface area contributed by atoms with E-state index in [9.17, 15) is 10.0 Å². The van der Waals surface area contributed by atoms with Gasteiger partial charge in [-0.25, -0.2) is 9.52 Å². The summed E-state index contributed by atoms with van der Waals surface area (Å²) < 4.78 is 2.48. The van der Waals surface area contributed by atoms with Gasteiger partial charge in [0.1, 0.15) is 10.9 Å². The Bertz CT molecular complexity index is 897.